The summed E-state index contributed by atoms with van der Waals surface area (Å²) < 4.78 is 3.84. The van der Waals surface area contributed by atoms with Crippen LogP contribution in [0.2, 0.25) is 0 Å². The Morgan fingerprint density at radius 2 is 2.23 bits per heavy atom. The van der Waals surface area contributed by atoms with Crippen LogP contribution in [0.15, 0.2) is 17.6 Å². The number of thiazole rings is 1. The van der Waals surface area contributed by atoms with Gasteiger partial charge in [0, 0.05) is 24.7 Å². The molecule has 1 aliphatic heterocycles. The number of hydrogen-bond acceptors (Lipinski definition) is 5. The van der Waals surface area contributed by atoms with Crippen LogP contribution in [0.25, 0.3) is 4.96 Å². The Balaban J connectivity index is 1.42. The highest BCUT2D eigenvalue weighted by molar-refractivity contribution is 7.15. The van der Waals surface area contributed by atoms with E-state index in [1.807, 2.05) is 38.5 Å². The van der Waals surface area contributed by atoms with E-state index in [1.165, 1.54) is 11.3 Å². The van der Waals surface area contributed by atoms with E-state index in [0.29, 0.717) is 24.7 Å². The Bertz CT molecular complexity index is 983. The van der Waals surface area contributed by atoms with Crippen molar-refractivity contribution >= 4 is 22.2 Å². The van der Waals surface area contributed by atoms with Crippen molar-refractivity contribution in [2.45, 2.75) is 45.4 Å². The van der Waals surface area contributed by atoms with E-state index >= 15 is 0 Å². The molecular weight excluding hydrogens is 350 g/mol. The van der Waals surface area contributed by atoms with E-state index in [-0.39, 0.29) is 5.91 Å². The number of aryl methyl sites for hydroxylation is 2. The fourth-order valence-corrected chi connectivity index (χ4v) is 4.56. The number of fused-ring (bicyclic) bond motifs is 2. The zero-order valence-electron chi connectivity index (χ0n) is 14.6. The van der Waals surface area contributed by atoms with Crippen LogP contribution < -0.4 is 0 Å². The summed E-state index contributed by atoms with van der Waals surface area (Å²) in [5, 5.41) is 16.8. The van der Waals surface area contributed by atoms with E-state index in [9.17, 15) is 9.90 Å². The largest absolute Gasteiger partial charge is 0.386 e. The molecule has 5 rings (SSSR count). The molecule has 0 saturated heterocycles. The molecule has 7 nitrogen and oxygen atoms in total. The van der Waals surface area contributed by atoms with Gasteiger partial charge in [0.15, 0.2) is 4.96 Å². The second-order valence-electron chi connectivity index (χ2n) is 7.30. The molecule has 136 valence electrons. The lowest BCUT2D eigenvalue weighted by atomic mass is 10.1. The van der Waals surface area contributed by atoms with Crippen LogP contribution in [0.1, 0.15) is 52.9 Å². The third-order valence-electron chi connectivity index (χ3n) is 5.24. The van der Waals surface area contributed by atoms with Gasteiger partial charge >= 0.3 is 0 Å². The maximum absolute atomic E-state index is 13.1. The third kappa shape index (κ3) is 2.64. The minimum atomic E-state index is -0.469. The Morgan fingerprint density at radius 1 is 1.38 bits per heavy atom. The standard InChI is InChI=1S/C18H21N5O2S/c1-11-8-22-15(10-26-18(22)19-11)17(25)21-5-2-6-23-13(9-21)7-14(20-23)16(24)12-3-4-12/h7-8,10,12,16,24H,2-6,9H2,1H3. The Hall–Kier alpha value is -2.19. The molecule has 1 unspecified atom stereocenters. The molecule has 1 atom stereocenters. The van der Waals surface area contributed by atoms with Gasteiger partial charge in [0.25, 0.3) is 5.91 Å². The van der Waals surface area contributed by atoms with Crippen LogP contribution in [-0.4, -0.2) is 41.6 Å². The highest BCUT2D eigenvalue weighted by atomic mass is 32.1. The third-order valence-corrected chi connectivity index (χ3v) is 6.08. The summed E-state index contributed by atoms with van der Waals surface area (Å²) >= 11 is 1.49. The molecule has 3 aromatic rings. The van der Waals surface area contributed by atoms with Crippen LogP contribution in [-0.2, 0) is 13.1 Å². The van der Waals surface area contributed by atoms with Gasteiger partial charge in [0.1, 0.15) is 11.8 Å². The molecule has 1 N–H and O–H groups in total. The van der Waals surface area contributed by atoms with Crippen LogP contribution >= 0.6 is 11.3 Å². The number of amides is 1. The number of nitrogens with zero attached hydrogens (tertiary/aromatic N) is 5. The molecule has 2 aliphatic rings. The molecular formula is C18H21N5O2S. The van der Waals surface area contributed by atoms with Crippen LogP contribution in [0, 0.1) is 12.8 Å². The first-order chi connectivity index (χ1) is 12.6. The summed E-state index contributed by atoms with van der Waals surface area (Å²) in [6.45, 7) is 3.94. The van der Waals surface area contributed by atoms with Crippen molar-refractivity contribution < 1.29 is 9.90 Å². The Labute approximate surface area is 154 Å². The zero-order chi connectivity index (χ0) is 17.8. The fourth-order valence-electron chi connectivity index (χ4n) is 3.67. The van der Waals surface area contributed by atoms with Gasteiger partial charge in [-0.15, -0.1) is 11.3 Å². The SMILES string of the molecule is Cc1cn2c(C(=O)N3CCCn4nc(C(O)C5CC5)cc4C3)csc2n1. The molecule has 1 amide bonds. The monoisotopic (exact) mass is 371 g/mol. The molecule has 0 bridgehead atoms. The summed E-state index contributed by atoms with van der Waals surface area (Å²) in [6, 6.07) is 1.97. The van der Waals surface area contributed by atoms with Crippen molar-refractivity contribution in [1.82, 2.24) is 24.1 Å². The van der Waals surface area contributed by atoms with Gasteiger partial charge in [-0.2, -0.15) is 5.10 Å². The smallest absolute Gasteiger partial charge is 0.272 e. The number of aliphatic hydroxyl groups excluding tert-OH is 1. The van der Waals surface area contributed by atoms with Gasteiger partial charge in [0.2, 0.25) is 0 Å². The Morgan fingerprint density at radius 3 is 3.04 bits per heavy atom. The van der Waals surface area contributed by atoms with Gasteiger partial charge in [0.05, 0.1) is 23.6 Å². The van der Waals surface area contributed by atoms with E-state index in [2.05, 4.69) is 10.1 Å². The molecule has 0 radical (unpaired) electrons. The van der Waals surface area contributed by atoms with E-state index in [0.717, 1.165) is 47.8 Å². The minimum Gasteiger partial charge on any atom is -0.386 e. The maximum Gasteiger partial charge on any atom is 0.272 e. The van der Waals surface area contributed by atoms with E-state index in [4.69, 9.17) is 0 Å². The van der Waals surface area contributed by atoms with Gasteiger partial charge in [-0.05, 0) is 38.2 Å². The number of imidazole rings is 1. The van der Waals surface area contributed by atoms with Crippen molar-refractivity contribution in [2.24, 2.45) is 5.92 Å². The average Bonchev–Trinajstić information content (AvgIpc) is 3.22. The molecule has 3 aromatic heterocycles. The summed E-state index contributed by atoms with van der Waals surface area (Å²) in [5.74, 6) is 0.378. The molecule has 0 spiro atoms. The molecule has 1 saturated carbocycles. The second-order valence-corrected chi connectivity index (χ2v) is 8.14. The number of aromatic nitrogens is 4. The number of carbonyl (C=O) groups excluding carboxylic acids is 1. The zero-order valence-corrected chi connectivity index (χ0v) is 15.4. The molecule has 0 aromatic carbocycles. The first-order valence-electron chi connectivity index (χ1n) is 9.07. The van der Waals surface area contributed by atoms with Gasteiger partial charge < -0.3 is 10.0 Å². The predicted molar refractivity (Wildman–Crippen MR) is 97.1 cm³/mol. The molecule has 4 heterocycles. The van der Waals surface area contributed by atoms with Crippen molar-refractivity contribution in [1.29, 1.82) is 0 Å². The van der Waals surface area contributed by atoms with Crippen LogP contribution in [0.3, 0.4) is 0 Å². The highest BCUT2D eigenvalue weighted by Crippen LogP contribution is 2.40. The van der Waals surface area contributed by atoms with Gasteiger partial charge in [-0.1, -0.05) is 0 Å². The van der Waals surface area contributed by atoms with Gasteiger partial charge in [-0.3, -0.25) is 13.9 Å². The lowest BCUT2D eigenvalue weighted by Crippen LogP contribution is -2.31. The van der Waals surface area contributed by atoms with Crippen LogP contribution in [0.5, 0.6) is 0 Å². The van der Waals surface area contributed by atoms with Crippen LogP contribution in [0.4, 0.5) is 0 Å². The summed E-state index contributed by atoms with van der Waals surface area (Å²) in [4.78, 5) is 20.3. The number of carbonyl (C=O) groups is 1. The number of aliphatic hydroxyl groups is 1. The molecule has 1 fully saturated rings. The fraction of sp³-hybridized carbons (Fsp3) is 0.500. The summed E-state index contributed by atoms with van der Waals surface area (Å²) in [5.41, 5.74) is 3.33. The highest BCUT2D eigenvalue weighted by Gasteiger charge is 2.33. The normalized spacial score (nSPS) is 18.8. The quantitative estimate of drug-likeness (QED) is 0.767. The van der Waals surface area contributed by atoms with Crippen molar-refractivity contribution in [3.05, 3.63) is 40.4 Å². The topological polar surface area (TPSA) is 75.7 Å². The summed E-state index contributed by atoms with van der Waals surface area (Å²) in [7, 11) is 0. The molecule has 26 heavy (non-hydrogen) atoms. The predicted octanol–water partition coefficient (Wildman–Crippen LogP) is 2.39. The Kier molecular flexibility index (Phi) is 3.65. The number of hydrogen-bond donors (Lipinski definition) is 1. The molecule has 8 heteroatoms. The average molecular weight is 371 g/mol. The van der Waals surface area contributed by atoms with Crippen molar-refractivity contribution in [3.63, 3.8) is 0 Å². The second kappa shape index (κ2) is 5.92. The van der Waals surface area contributed by atoms with Gasteiger partial charge in [-0.25, -0.2) is 4.98 Å². The lowest BCUT2D eigenvalue weighted by Gasteiger charge is -2.19. The van der Waals surface area contributed by atoms with E-state index in [1.54, 1.807) is 0 Å². The lowest BCUT2D eigenvalue weighted by molar-refractivity contribution is 0.0739. The first kappa shape index (κ1) is 16.0. The maximum atomic E-state index is 13.1. The van der Waals surface area contributed by atoms with Crippen molar-refractivity contribution in [2.75, 3.05) is 6.54 Å². The minimum absolute atomic E-state index is 0.0209. The van der Waals surface area contributed by atoms with Crippen molar-refractivity contribution in [3.8, 4) is 0 Å². The number of rotatable bonds is 3. The van der Waals surface area contributed by atoms with E-state index < -0.39 is 6.10 Å². The molecule has 1 aliphatic carbocycles. The first-order valence-corrected chi connectivity index (χ1v) is 9.95. The summed E-state index contributed by atoms with van der Waals surface area (Å²) in [6.07, 6.45) is 4.45.